The van der Waals surface area contributed by atoms with Gasteiger partial charge in [0.2, 0.25) is 0 Å². The van der Waals surface area contributed by atoms with Gasteiger partial charge in [-0.3, -0.25) is 0 Å². The van der Waals surface area contributed by atoms with Crippen LogP contribution in [0.15, 0.2) is 30.3 Å². The molecule has 0 radical (unpaired) electrons. The highest BCUT2D eigenvalue weighted by Crippen LogP contribution is 2.14. The molecule has 1 aromatic rings. The van der Waals surface area contributed by atoms with Crippen LogP contribution in [-0.2, 0) is 0 Å². The minimum atomic E-state index is -0.283. The first-order valence-electron chi connectivity index (χ1n) is 4.15. The van der Waals surface area contributed by atoms with Gasteiger partial charge < -0.3 is 16.0 Å². The minimum absolute atomic E-state index is 0.283. The van der Waals surface area contributed by atoms with E-state index in [2.05, 4.69) is 17.9 Å². The summed E-state index contributed by atoms with van der Waals surface area (Å²) in [5.41, 5.74) is 6.49. The van der Waals surface area contributed by atoms with Crippen LogP contribution in [0.4, 0.5) is 5.69 Å². The maximum Gasteiger partial charge on any atom is 0.123 e. The van der Waals surface area contributed by atoms with Crippen molar-refractivity contribution in [3.63, 3.8) is 0 Å². The molecule has 0 bridgehead atoms. The Hall–Kier alpha value is -0.710. The van der Waals surface area contributed by atoms with Gasteiger partial charge in [-0.25, -0.2) is 0 Å². The first-order chi connectivity index (χ1) is 6.25. The molecule has 0 aliphatic rings. The summed E-state index contributed by atoms with van der Waals surface area (Å²) >= 11 is 4.20. The lowest BCUT2D eigenvalue weighted by Gasteiger charge is -2.27. The first-order valence-corrected chi connectivity index (χ1v) is 4.67. The number of hydrogen-bond acceptors (Lipinski definition) is 4. The summed E-state index contributed by atoms with van der Waals surface area (Å²) in [6.07, 6.45) is 0. The molecule has 1 atom stereocenters. The molecule has 0 saturated carbocycles. The Bertz CT molecular complexity index is 238. The third kappa shape index (κ3) is 2.91. The fourth-order valence-corrected chi connectivity index (χ4v) is 1.34. The fraction of sp³-hybridized carbons (Fsp3) is 0.333. The van der Waals surface area contributed by atoms with Crippen molar-refractivity contribution in [1.29, 1.82) is 0 Å². The summed E-state index contributed by atoms with van der Waals surface area (Å²) in [4.78, 5) is 1.96. The van der Waals surface area contributed by atoms with E-state index >= 15 is 0 Å². The van der Waals surface area contributed by atoms with Crippen LogP contribution in [0.25, 0.3) is 0 Å². The predicted octanol–water partition coefficient (Wildman–Crippen LogP) is 0.842. The van der Waals surface area contributed by atoms with Crippen LogP contribution >= 0.6 is 12.6 Å². The average Bonchev–Trinajstić information content (AvgIpc) is 2.15. The van der Waals surface area contributed by atoms with Crippen LogP contribution in [0.3, 0.4) is 0 Å². The molecule has 4 heteroatoms. The van der Waals surface area contributed by atoms with E-state index in [4.69, 9.17) is 5.73 Å². The van der Waals surface area contributed by atoms with Crippen molar-refractivity contribution in [3.05, 3.63) is 30.3 Å². The van der Waals surface area contributed by atoms with E-state index in [9.17, 15) is 0 Å². The minimum Gasteiger partial charge on any atom is -0.335 e. The number of nitrogens with two attached hydrogens (primary N) is 1. The van der Waals surface area contributed by atoms with Crippen molar-refractivity contribution in [3.8, 4) is 0 Å². The van der Waals surface area contributed by atoms with Gasteiger partial charge in [0.1, 0.15) is 5.50 Å². The molecule has 0 amide bonds. The molecule has 1 unspecified atom stereocenters. The molecule has 1 rings (SSSR count). The first kappa shape index (κ1) is 10.4. The smallest absolute Gasteiger partial charge is 0.123 e. The van der Waals surface area contributed by atoms with E-state index < -0.39 is 0 Å². The third-order valence-electron chi connectivity index (χ3n) is 1.74. The molecule has 72 valence electrons. The second-order valence-corrected chi connectivity index (χ2v) is 3.26. The van der Waals surface area contributed by atoms with Crippen molar-refractivity contribution in [1.82, 2.24) is 5.32 Å². The highest BCUT2D eigenvalue weighted by atomic mass is 32.1. The van der Waals surface area contributed by atoms with Gasteiger partial charge in [0.15, 0.2) is 0 Å². The highest BCUT2D eigenvalue weighted by molar-refractivity contribution is 7.81. The molecule has 3 N–H and O–H groups in total. The molecule has 0 fully saturated rings. The summed E-state index contributed by atoms with van der Waals surface area (Å²) in [5.74, 6) is 0. The van der Waals surface area contributed by atoms with E-state index in [1.807, 2.05) is 42.3 Å². The zero-order chi connectivity index (χ0) is 9.68. The van der Waals surface area contributed by atoms with Crippen LogP contribution in [0, 0.1) is 0 Å². The molecule has 0 heterocycles. The van der Waals surface area contributed by atoms with Crippen LogP contribution in [0.1, 0.15) is 0 Å². The van der Waals surface area contributed by atoms with Crippen molar-refractivity contribution in [2.45, 2.75) is 5.50 Å². The lowest BCUT2D eigenvalue weighted by molar-refractivity contribution is 0.700. The summed E-state index contributed by atoms with van der Waals surface area (Å²) in [5, 5.41) is 3.04. The molecule has 0 aromatic heterocycles. The molecular weight excluding hydrogens is 182 g/mol. The number of thiol groups is 1. The van der Waals surface area contributed by atoms with Gasteiger partial charge in [-0.1, -0.05) is 18.2 Å². The van der Waals surface area contributed by atoms with Crippen molar-refractivity contribution in [2.24, 2.45) is 5.73 Å². The van der Waals surface area contributed by atoms with Gasteiger partial charge >= 0.3 is 0 Å². The number of nitrogens with one attached hydrogen (secondary N) is 1. The Morgan fingerprint density at radius 2 is 2.08 bits per heavy atom. The van der Waals surface area contributed by atoms with E-state index in [1.54, 1.807) is 0 Å². The Kier molecular flexibility index (Phi) is 4.08. The van der Waals surface area contributed by atoms with Gasteiger partial charge in [0.25, 0.3) is 0 Å². The van der Waals surface area contributed by atoms with E-state index in [0.717, 1.165) is 5.69 Å². The number of nitrogens with zero attached hydrogens (tertiary/aromatic N) is 1. The van der Waals surface area contributed by atoms with Gasteiger partial charge in [-0.2, -0.15) is 0 Å². The Morgan fingerprint density at radius 3 is 2.54 bits per heavy atom. The molecule has 0 saturated heterocycles. The van der Waals surface area contributed by atoms with Gasteiger partial charge in [-0.15, -0.1) is 12.6 Å². The van der Waals surface area contributed by atoms with Crippen molar-refractivity contribution < 1.29 is 0 Å². The quantitative estimate of drug-likeness (QED) is 0.495. The molecule has 13 heavy (non-hydrogen) atoms. The van der Waals surface area contributed by atoms with Crippen LogP contribution in [0.2, 0.25) is 0 Å². The summed E-state index contributed by atoms with van der Waals surface area (Å²) in [6, 6.07) is 9.95. The molecule has 0 aliphatic heterocycles. The highest BCUT2D eigenvalue weighted by Gasteiger charge is 2.08. The maximum atomic E-state index is 5.70. The standard InChI is InChI=1S/C9H15N3S/c1-11-7-12(9(10)13)8-5-3-2-4-6-8/h2-6,9,11,13H,7,10H2,1H3. The molecule has 0 aliphatic carbocycles. The lowest BCUT2D eigenvalue weighted by atomic mass is 10.3. The van der Waals surface area contributed by atoms with Gasteiger partial charge in [0.05, 0.1) is 6.67 Å². The third-order valence-corrected chi connectivity index (χ3v) is 2.01. The lowest BCUT2D eigenvalue weighted by Crippen LogP contribution is -2.42. The molecular formula is C9H15N3S. The molecule has 1 aromatic carbocycles. The van der Waals surface area contributed by atoms with Gasteiger partial charge in [0, 0.05) is 5.69 Å². The second kappa shape index (κ2) is 5.11. The van der Waals surface area contributed by atoms with E-state index in [1.165, 1.54) is 0 Å². The second-order valence-electron chi connectivity index (χ2n) is 2.73. The van der Waals surface area contributed by atoms with Crippen molar-refractivity contribution in [2.75, 3.05) is 18.6 Å². The number of anilines is 1. The summed E-state index contributed by atoms with van der Waals surface area (Å²) < 4.78 is 0. The topological polar surface area (TPSA) is 41.3 Å². The van der Waals surface area contributed by atoms with Crippen LogP contribution in [0.5, 0.6) is 0 Å². The van der Waals surface area contributed by atoms with Crippen molar-refractivity contribution >= 4 is 18.3 Å². The number of hydrogen-bond donors (Lipinski definition) is 3. The zero-order valence-electron chi connectivity index (χ0n) is 7.64. The maximum absolute atomic E-state index is 5.70. The Balaban J connectivity index is 2.76. The molecule has 0 spiro atoms. The fourth-order valence-electron chi connectivity index (χ4n) is 1.13. The Morgan fingerprint density at radius 1 is 1.46 bits per heavy atom. The number of para-hydroxylation sites is 1. The molecule has 3 nitrogen and oxygen atoms in total. The van der Waals surface area contributed by atoms with E-state index in [-0.39, 0.29) is 5.50 Å². The predicted molar refractivity (Wildman–Crippen MR) is 59.8 cm³/mol. The SMILES string of the molecule is CNCN(c1ccccc1)C(N)S. The van der Waals surface area contributed by atoms with E-state index in [0.29, 0.717) is 6.67 Å². The largest absolute Gasteiger partial charge is 0.335 e. The van der Waals surface area contributed by atoms with Crippen LogP contribution in [-0.4, -0.2) is 19.2 Å². The monoisotopic (exact) mass is 197 g/mol. The average molecular weight is 197 g/mol. The van der Waals surface area contributed by atoms with Gasteiger partial charge in [-0.05, 0) is 19.2 Å². The van der Waals surface area contributed by atoms with Crippen LogP contribution < -0.4 is 16.0 Å². The Labute approximate surface area is 84.3 Å². The zero-order valence-corrected chi connectivity index (χ0v) is 8.54. The number of rotatable bonds is 4. The number of benzene rings is 1. The summed E-state index contributed by atoms with van der Waals surface area (Å²) in [6.45, 7) is 0.689. The summed E-state index contributed by atoms with van der Waals surface area (Å²) in [7, 11) is 1.88. The normalized spacial score (nSPS) is 12.5.